The van der Waals surface area contributed by atoms with Gasteiger partial charge in [-0.1, -0.05) is 6.92 Å². The van der Waals surface area contributed by atoms with Crippen LogP contribution in [0.4, 0.5) is 0 Å². The Balaban J connectivity index is 1.93. The minimum atomic E-state index is 0.462. The fraction of sp³-hybridized carbons (Fsp3) is 1.00. The Labute approximate surface area is 85.4 Å². The van der Waals surface area contributed by atoms with Gasteiger partial charge in [0.1, 0.15) is 0 Å². The van der Waals surface area contributed by atoms with Gasteiger partial charge in [0.25, 0.3) is 0 Å². The van der Waals surface area contributed by atoms with Crippen molar-refractivity contribution in [1.29, 1.82) is 0 Å². The summed E-state index contributed by atoms with van der Waals surface area (Å²) < 4.78 is 0. The molecule has 13 heavy (non-hydrogen) atoms. The van der Waals surface area contributed by atoms with Crippen molar-refractivity contribution < 1.29 is 0 Å². The summed E-state index contributed by atoms with van der Waals surface area (Å²) >= 11 is 2.15. The first-order valence-electron chi connectivity index (χ1n) is 5.46. The maximum Gasteiger partial charge on any atom is 0.0658 e. The minimum absolute atomic E-state index is 0.462. The number of likely N-dealkylation sites (tertiary alicyclic amines) is 1. The van der Waals surface area contributed by atoms with Crippen molar-refractivity contribution in [3.8, 4) is 0 Å². The fourth-order valence-corrected chi connectivity index (χ4v) is 3.70. The summed E-state index contributed by atoms with van der Waals surface area (Å²) in [4.78, 5) is 3.04. The lowest BCUT2D eigenvalue weighted by molar-refractivity contribution is 0.296. The van der Waals surface area contributed by atoms with Crippen LogP contribution in [0.3, 0.4) is 0 Å². The van der Waals surface area contributed by atoms with Crippen LogP contribution in [-0.4, -0.2) is 41.7 Å². The SMILES string of the molecule is CCN1CCCC2(CC1)NCCS2. The molecule has 2 heterocycles. The topological polar surface area (TPSA) is 15.3 Å². The first kappa shape index (κ1) is 9.81. The number of hydrogen-bond acceptors (Lipinski definition) is 3. The van der Waals surface area contributed by atoms with Crippen LogP contribution in [0.15, 0.2) is 0 Å². The molecular formula is C10H20N2S. The normalized spacial score (nSPS) is 36.7. The van der Waals surface area contributed by atoms with Gasteiger partial charge in [-0.2, -0.15) is 0 Å². The molecule has 0 bridgehead atoms. The van der Waals surface area contributed by atoms with E-state index in [4.69, 9.17) is 0 Å². The van der Waals surface area contributed by atoms with Crippen LogP contribution < -0.4 is 5.32 Å². The smallest absolute Gasteiger partial charge is 0.0658 e. The molecule has 76 valence electrons. The van der Waals surface area contributed by atoms with Crippen LogP contribution >= 0.6 is 11.8 Å². The van der Waals surface area contributed by atoms with E-state index in [0.717, 1.165) is 0 Å². The molecule has 2 aliphatic rings. The Hall–Kier alpha value is 0.270. The second-order valence-electron chi connectivity index (χ2n) is 4.06. The van der Waals surface area contributed by atoms with Gasteiger partial charge in [-0.3, -0.25) is 0 Å². The highest BCUT2D eigenvalue weighted by molar-refractivity contribution is 8.00. The average molecular weight is 200 g/mol. The highest BCUT2D eigenvalue weighted by atomic mass is 32.2. The zero-order valence-corrected chi connectivity index (χ0v) is 9.33. The molecule has 2 fully saturated rings. The lowest BCUT2D eigenvalue weighted by atomic mass is 10.1. The van der Waals surface area contributed by atoms with Crippen molar-refractivity contribution in [2.75, 3.05) is 31.9 Å². The van der Waals surface area contributed by atoms with E-state index >= 15 is 0 Å². The van der Waals surface area contributed by atoms with Gasteiger partial charge < -0.3 is 10.2 Å². The van der Waals surface area contributed by atoms with Crippen molar-refractivity contribution in [2.24, 2.45) is 0 Å². The average Bonchev–Trinajstić information content (AvgIpc) is 2.49. The summed E-state index contributed by atoms with van der Waals surface area (Å²) in [6.45, 7) is 7.31. The van der Waals surface area contributed by atoms with Gasteiger partial charge in [0.2, 0.25) is 0 Å². The highest BCUT2D eigenvalue weighted by Crippen LogP contribution is 2.36. The van der Waals surface area contributed by atoms with Gasteiger partial charge in [-0.15, -0.1) is 11.8 Å². The second-order valence-corrected chi connectivity index (χ2v) is 5.54. The molecule has 1 unspecified atom stereocenters. The Morgan fingerprint density at radius 1 is 1.38 bits per heavy atom. The Kier molecular flexibility index (Phi) is 3.17. The lowest BCUT2D eigenvalue weighted by Crippen LogP contribution is -2.38. The van der Waals surface area contributed by atoms with Crippen molar-refractivity contribution >= 4 is 11.8 Å². The highest BCUT2D eigenvalue weighted by Gasteiger charge is 2.35. The van der Waals surface area contributed by atoms with Gasteiger partial charge in [-0.25, -0.2) is 0 Å². The second kappa shape index (κ2) is 4.20. The van der Waals surface area contributed by atoms with Gasteiger partial charge in [0, 0.05) is 18.8 Å². The molecule has 2 rings (SSSR count). The molecule has 1 N–H and O–H groups in total. The third kappa shape index (κ3) is 2.20. The van der Waals surface area contributed by atoms with Crippen molar-refractivity contribution in [3.05, 3.63) is 0 Å². The first-order chi connectivity index (χ1) is 6.35. The van der Waals surface area contributed by atoms with E-state index in [0.29, 0.717) is 4.87 Å². The number of nitrogens with zero attached hydrogens (tertiary/aromatic N) is 1. The standard InChI is InChI=1S/C10H20N2S/c1-2-12-7-3-4-10(5-8-12)11-6-9-13-10/h11H,2-9H2,1H3. The number of rotatable bonds is 1. The number of nitrogens with one attached hydrogen (secondary N) is 1. The molecule has 1 atom stereocenters. The van der Waals surface area contributed by atoms with E-state index in [1.807, 2.05) is 0 Å². The van der Waals surface area contributed by atoms with Gasteiger partial charge in [0.15, 0.2) is 0 Å². The van der Waals surface area contributed by atoms with E-state index in [2.05, 4.69) is 28.9 Å². The van der Waals surface area contributed by atoms with Crippen LogP contribution in [-0.2, 0) is 0 Å². The maximum absolute atomic E-state index is 3.69. The van der Waals surface area contributed by atoms with Crippen LogP contribution in [0, 0.1) is 0 Å². The third-order valence-corrected chi connectivity index (χ3v) is 4.78. The summed E-state index contributed by atoms with van der Waals surface area (Å²) in [7, 11) is 0. The summed E-state index contributed by atoms with van der Waals surface area (Å²) in [5.74, 6) is 1.31. The molecule has 1 spiro atoms. The molecule has 2 aliphatic heterocycles. The summed E-state index contributed by atoms with van der Waals surface area (Å²) in [6.07, 6.45) is 4.08. The summed E-state index contributed by atoms with van der Waals surface area (Å²) in [6, 6.07) is 0. The largest absolute Gasteiger partial charge is 0.304 e. The monoisotopic (exact) mass is 200 g/mol. The molecule has 0 aliphatic carbocycles. The van der Waals surface area contributed by atoms with Crippen LogP contribution in [0.2, 0.25) is 0 Å². The predicted molar refractivity (Wildman–Crippen MR) is 59.2 cm³/mol. The predicted octanol–water partition coefficient (Wildman–Crippen LogP) is 1.52. The zero-order valence-electron chi connectivity index (χ0n) is 8.51. The van der Waals surface area contributed by atoms with E-state index in [1.54, 1.807) is 0 Å². The van der Waals surface area contributed by atoms with Crippen molar-refractivity contribution in [3.63, 3.8) is 0 Å². The molecule has 0 aromatic heterocycles. The van der Waals surface area contributed by atoms with Gasteiger partial charge in [0.05, 0.1) is 4.87 Å². The Morgan fingerprint density at radius 2 is 2.31 bits per heavy atom. The third-order valence-electron chi connectivity index (χ3n) is 3.26. The molecule has 0 amide bonds. The number of hydrogen-bond donors (Lipinski definition) is 1. The van der Waals surface area contributed by atoms with Gasteiger partial charge in [-0.05, 0) is 32.4 Å². The van der Waals surface area contributed by atoms with E-state index in [1.165, 1.54) is 51.2 Å². The van der Waals surface area contributed by atoms with E-state index < -0.39 is 0 Å². The Bertz CT molecular complexity index is 166. The summed E-state index contributed by atoms with van der Waals surface area (Å²) in [5.41, 5.74) is 0. The quantitative estimate of drug-likeness (QED) is 0.691. The van der Waals surface area contributed by atoms with E-state index in [9.17, 15) is 0 Å². The first-order valence-corrected chi connectivity index (χ1v) is 6.44. The molecule has 2 nitrogen and oxygen atoms in total. The minimum Gasteiger partial charge on any atom is -0.304 e. The molecule has 0 aromatic rings. The van der Waals surface area contributed by atoms with Crippen LogP contribution in [0.1, 0.15) is 26.2 Å². The fourth-order valence-electron chi connectivity index (χ4n) is 2.38. The Morgan fingerprint density at radius 3 is 3.00 bits per heavy atom. The van der Waals surface area contributed by atoms with Crippen LogP contribution in [0.5, 0.6) is 0 Å². The molecule has 0 saturated carbocycles. The number of thioether (sulfide) groups is 1. The van der Waals surface area contributed by atoms with Crippen LogP contribution in [0.25, 0.3) is 0 Å². The zero-order chi connectivity index (χ0) is 9.15. The van der Waals surface area contributed by atoms with E-state index in [-0.39, 0.29) is 0 Å². The molecule has 3 heteroatoms. The van der Waals surface area contributed by atoms with Crippen molar-refractivity contribution in [2.45, 2.75) is 31.1 Å². The summed E-state index contributed by atoms with van der Waals surface area (Å²) in [5, 5.41) is 3.69. The maximum atomic E-state index is 3.69. The lowest BCUT2D eigenvalue weighted by Gasteiger charge is -2.27. The van der Waals surface area contributed by atoms with Gasteiger partial charge >= 0.3 is 0 Å². The molecular weight excluding hydrogens is 180 g/mol. The molecule has 0 radical (unpaired) electrons. The molecule has 0 aromatic carbocycles. The molecule has 2 saturated heterocycles. The van der Waals surface area contributed by atoms with Crippen molar-refractivity contribution in [1.82, 2.24) is 10.2 Å².